The number of carbonyl (C=O) groups excluding carboxylic acids is 1. The molecule has 0 atom stereocenters. The molecule has 0 saturated carbocycles. The number of methoxy groups -OCH3 is 1. The van der Waals surface area contributed by atoms with E-state index in [9.17, 15) is 4.79 Å². The fourth-order valence-electron chi connectivity index (χ4n) is 2.93. The van der Waals surface area contributed by atoms with E-state index in [-0.39, 0.29) is 18.4 Å². The Labute approximate surface area is 157 Å². The summed E-state index contributed by atoms with van der Waals surface area (Å²) in [6.45, 7) is 0. The summed E-state index contributed by atoms with van der Waals surface area (Å²) in [6.07, 6.45) is 0. The van der Waals surface area contributed by atoms with Gasteiger partial charge in [-0.1, -0.05) is 36.4 Å². The number of para-hydroxylation sites is 2. The molecule has 0 aliphatic heterocycles. The van der Waals surface area contributed by atoms with Crippen molar-refractivity contribution in [3.63, 3.8) is 0 Å². The minimum absolute atomic E-state index is 0. The molecule has 0 aliphatic carbocycles. The van der Waals surface area contributed by atoms with E-state index >= 15 is 0 Å². The van der Waals surface area contributed by atoms with Crippen LogP contribution >= 0.6 is 0 Å². The first kappa shape index (κ1) is 17.7. The summed E-state index contributed by atoms with van der Waals surface area (Å²) in [6, 6.07) is 23.3. The predicted octanol–water partition coefficient (Wildman–Crippen LogP) is 1.92. The Bertz CT molecular complexity index is 1020. The molecular weight excluding hydrogens is 348 g/mol. The largest absolute Gasteiger partial charge is 1.00 e. The average molecular weight is 364 g/mol. The van der Waals surface area contributed by atoms with Crippen LogP contribution in [0.25, 0.3) is 21.8 Å². The summed E-state index contributed by atoms with van der Waals surface area (Å²) in [5.74, 6) is -0.341. The molecule has 26 heavy (non-hydrogen) atoms. The second kappa shape index (κ2) is 7.42. The van der Waals surface area contributed by atoms with Crippen molar-refractivity contribution in [3.8, 4) is 0 Å². The maximum Gasteiger partial charge on any atom is 0.337 e. The van der Waals surface area contributed by atoms with Gasteiger partial charge in [0, 0.05) is 16.5 Å². The van der Waals surface area contributed by atoms with E-state index in [4.69, 9.17) is 9.72 Å². The number of benzene rings is 3. The van der Waals surface area contributed by atoms with Gasteiger partial charge in [0.25, 0.3) is 0 Å². The molecule has 1 heterocycles. The number of halogens is 1. The Kier molecular flexibility index (Phi) is 5.05. The van der Waals surface area contributed by atoms with Gasteiger partial charge in [-0.3, -0.25) is 0 Å². The molecule has 5 heteroatoms. The highest BCUT2D eigenvalue weighted by Gasteiger charge is 2.10. The third-order valence-corrected chi connectivity index (χ3v) is 4.16. The molecule has 0 aliphatic rings. The zero-order valence-corrected chi connectivity index (χ0v) is 14.8. The molecule has 1 aromatic heterocycles. The molecule has 0 bridgehead atoms. The van der Waals surface area contributed by atoms with Gasteiger partial charge in [0.2, 0.25) is 0 Å². The molecule has 3 aromatic carbocycles. The number of aromatic nitrogens is 1. The lowest BCUT2D eigenvalue weighted by atomic mass is 10.1. The Balaban J connectivity index is 0.00000196. The minimum atomic E-state index is -0.341. The number of carbonyl (C=O) groups is 1. The summed E-state index contributed by atoms with van der Waals surface area (Å²) < 4.78 is 4.74. The third-order valence-electron chi connectivity index (χ3n) is 4.16. The first-order valence-electron chi connectivity index (χ1n) is 7.99. The minimum Gasteiger partial charge on any atom is -1.00 e. The van der Waals surface area contributed by atoms with E-state index in [2.05, 4.69) is 17.4 Å². The third kappa shape index (κ3) is 3.19. The smallest absolute Gasteiger partial charge is 0.337 e. The van der Waals surface area contributed by atoms with Crippen molar-refractivity contribution in [2.24, 2.45) is 0 Å². The van der Waals surface area contributed by atoms with Crippen LogP contribution in [-0.4, -0.2) is 18.1 Å². The van der Waals surface area contributed by atoms with Gasteiger partial charge < -0.3 is 22.5 Å². The van der Waals surface area contributed by atoms with Crippen LogP contribution in [0, 0.1) is 0 Å². The van der Waals surface area contributed by atoms with Crippen LogP contribution in [0.1, 0.15) is 10.4 Å². The van der Waals surface area contributed by atoms with Crippen molar-refractivity contribution in [2.75, 3.05) is 12.4 Å². The highest BCUT2D eigenvalue weighted by Crippen LogP contribution is 2.32. The monoisotopic (exact) mass is 363 g/mol. The van der Waals surface area contributed by atoms with Crippen molar-refractivity contribution < 1.29 is 21.9 Å². The highest BCUT2D eigenvalue weighted by atomic mass is 35.5. The zero-order valence-electron chi connectivity index (χ0n) is 14.1. The van der Waals surface area contributed by atoms with Crippen molar-refractivity contribution >= 4 is 39.1 Å². The number of anilines is 2. The summed E-state index contributed by atoms with van der Waals surface area (Å²) in [4.78, 5) is 16.3. The number of hydrogen-bond donors (Lipinski definition) is 1. The van der Waals surface area contributed by atoms with Crippen molar-refractivity contribution in [2.45, 2.75) is 0 Å². The van der Waals surface area contributed by atoms with Gasteiger partial charge in [0.1, 0.15) is 0 Å². The number of nitrogens with zero attached hydrogens (tertiary/aromatic N) is 1. The number of ether oxygens (including phenoxy) is 1. The van der Waals surface area contributed by atoms with Crippen LogP contribution < -0.4 is 17.7 Å². The summed E-state index contributed by atoms with van der Waals surface area (Å²) in [5.41, 5.74) is 4.31. The van der Waals surface area contributed by atoms with Gasteiger partial charge in [0.05, 0.1) is 29.4 Å². The van der Waals surface area contributed by atoms with E-state index in [1.807, 2.05) is 48.5 Å². The molecule has 4 aromatic rings. The van der Waals surface area contributed by atoms with E-state index in [0.717, 1.165) is 33.2 Å². The van der Waals surface area contributed by atoms with Crippen molar-refractivity contribution in [1.29, 1.82) is 0 Å². The zero-order chi connectivity index (χ0) is 17.2. The van der Waals surface area contributed by atoms with Gasteiger partial charge in [-0.2, -0.15) is 0 Å². The highest BCUT2D eigenvalue weighted by molar-refractivity contribution is 6.08. The SMILES string of the molecule is COC(=O)c1ccc(Nc2c3ccccc3nc3ccccc23)cc1.[Cl-]. The molecular formula is C21H16ClN2O2-. The fraction of sp³-hybridized carbons (Fsp3) is 0.0476. The molecule has 0 unspecified atom stereocenters. The standard InChI is InChI=1S/C21H16N2O2.ClH/c1-25-21(24)14-10-12-15(13-11-14)22-20-16-6-2-4-8-18(16)23-19-9-5-3-7-17(19)20;/h2-13H,1H3,(H,22,23);1H/p-1. The van der Waals surface area contributed by atoms with Crippen LogP contribution in [0.15, 0.2) is 72.8 Å². The first-order valence-corrected chi connectivity index (χ1v) is 7.99. The Morgan fingerprint density at radius 1 is 0.846 bits per heavy atom. The van der Waals surface area contributed by atoms with Crippen LogP contribution in [0.3, 0.4) is 0 Å². The van der Waals surface area contributed by atoms with Crippen LogP contribution in [0.5, 0.6) is 0 Å². The van der Waals surface area contributed by atoms with Gasteiger partial charge in [-0.05, 0) is 36.4 Å². The Morgan fingerprint density at radius 2 is 1.38 bits per heavy atom. The van der Waals surface area contributed by atoms with Gasteiger partial charge in [-0.25, -0.2) is 9.78 Å². The molecule has 1 N–H and O–H groups in total. The van der Waals surface area contributed by atoms with Crippen LogP contribution in [0.4, 0.5) is 11.4 Å². The maximum absolute atomic E-state index is 11.6. The summed E-state index contributed by atoms with van der Waals surface area (Å²) in [5, 5.41) is 5.59. The number of pyridine rings is 1. The van der Waals surface area contributed by atoms with Crippen molar-refractivity contribution in [3.05, 3.63) is 78.4 Å². The lowest BCUT2D eigenvalue weighted by Crippen LogP contribution is -3.00. The topological polar surface area (TPSA) is 51.2 Å². The second-order valence-electron chi connectivity index (χ2n) is 5.72. The molecule has 0 saturated heterocycles. The average Bonchev–Trinajstić information content (AvgIpc) is 2.67. The Hall–Kier alpha value is -3.11. The molecule has 0 radical (unpaired) electrons. The summed E-state index contributed by atoms with van der Waals surface area (Å²) >= 11 is 0. The van der Waals surface area contributed by atoms with Crippen LogP contribution in [0.2, 0.25) is 0 Å². The fourth-order valence-corrected chi connectivity index (χ4v) is 2.93. The normalized spacial score (nSPS) is 10.3. The second-order valence-corrected chi connectivity index (χ2v) is 5.72. The Morgan fingerprint density at radius 3 is 1.92 bits per heavy atom. The van der Waals surface area contributed by atoms with Gasteiger partial charge >= 0.3 is 5.97 Å². The van der Waals surface area contributed by atoms with E-state index in [0.29, 0.717) is 5.56 Å². The lowest BCUT2D eigenvalue weighted by Gasteiger charge is -2.13. The molecule has 4 nitrogen and oxygen atoms in total. The van der Waals surface area contributed by atoms with Crippen LogP contribution in [-0.2, 0) is 4.74 Å². The number of fused-ring (bicyclic) bond motifs is 2. The molecule has 4 rings (SSSR count). The first-order chi connectivity index (χ1) is 12.3. The molecule has 130 valence electrons. The molecule has 0 amide bonds. The van der Waals surface area contributed by atoms with Gasteiger partial charge in [0.15, 0.2) is 0 Å². The summed E-state index contributed by atoms with van der Waals surface area (Å²) in [7, 11) is 1.38. The number of nitrogens with one attached hydrogen (secondary N) is 1. The van der Waals surface area contributed by atoms with Crippen molar-refractivity contribution in [1.82, 2.24) is 4.98 Å². The lowest BCUT2D eigenvalue weighted by molar-refractivity contribution is -0.0000195. The van der Waals surface area contributed by atoms with Gasteiger partial charge in [-0.15, -0.1) is 0 Å². The molecule has 0 fully saturated rings. The predicted molar refractivity (Wildman–Crippen MR) is 100 cm³/mol. The molecule has 0 spiro atoms. The van der Waals surface area contributed by atoms with E-state index < -0.39 is 0 Å². The number of rotatable bonds is 3. The number of hydrogen-bond acceptors (Lipinski definition) is 4. The maximum atomic E-state index is 11.6. The van der Waals surface area contributed by atoms with E-state index in [1.165, 1.54) is 7.11 Å². The quantitative estimate of drug-likeness (QED) is 0.446. The number of esters is 1. The van der Waals surface area contributed by atoms with E-state index in [1.54, 1.807) is 12.1 Å².